The fourth-order valence-electron chi connectivity index (χ4n) is 2.58. The van der Waals surface area contributed by atoms with Crippen molar-refractivity contribution in [2.45, 2.75) is 26.2 Å². The van der Waals surface area contributed by atoms with Gasteiger partial charge in [0, 0.05) is 54.8 Å². The van der Waals surface area contributed by atoms with Gasteiger partial charge in [-0.3, -0.25) is 4.79 Å². The third kappa shape index (κ3) is 4.50. The predicted octanol–water partition coefficient (Wildman–Crippen LogP) is 2.99. The average molecular weight is 335 g/mol. The summed E-state index contributed by atoms with van der Waals surface area (Å²) < 4.78 is 0. The predicted molar refractivity (Wildman–Crippen MR) is 96.7 cm³/mol. The Morgan fingerprint density at radius 1 is 1.12 bits per heavy atom. The molecule has 0 fully saturated rings. The van der Waals surface area contributed by atoms with Crippen molar-refractivity contribution in [2.24, 2.45) is 0 Å². The Labute approximate surface area is 146 Å². The molecule has 6 heteroatoms. The maximum absolute atomic E-state index is 11.5. The van der Waals surface area contributed by atoms with Gasteiger partial charge >= 0.3 is 0 Å². The molecule has 0 spiro atoms. The number of amides is 1. The van der Waals surface area contributed by atoms with Gasteiger partial charge in [-0.05, 0) is 18.1 Å². The Morgan fingerprint density at radius 2 is 1.92 bits per heavy atom. The number of aromatic amines is 1. The van der Waals surface area contributed by atoms with E-state index in [2.05, 4.69) is 31.3 Å². The van der Waals surface area contributed by atoms with Crippen LogP contribution < -0.4 is 5.32 Å². The van der Waals surface area contributed by atoms with Crippen molar-refractivity contribution in [3.8, 4) is 22.5 Å². The molecule has 1 amide bonds. The van der Waals surface area contributed by atoms with Gasteiger partial charge in [-0.2, -0.15) is 0 Å². The quantitative estimate of drug-likeness (QED) is 0.695. The van der Waals surface area contributed by atoms with Gasteiger partial charge in [-0.15, -0.1) is 0 Å². The summed E-state index contributed by atoms with van der Waals surface area (Å²) in [6.07, 6.45) is 9.09. The van der Waals surface area contributed by atoms with E-state index in [0.29, 0.717) is 13.0 Å². The van der Waals surface area contributed by atoms with Gasteiger partial charge in [0.15, 0.2) is 0 Å². The molecule has 2 heterocycles. The molecule has 3 aromatic rings. The standard InChI is InChI=1S/C19H21N5O/c1-2-4-18(25)22-8-7-17-12-23-19(24-17)15-6-3-5-14(9-15)16-10-20-13-21-11-16/h3,5-6,9-13H,2,4,7-8H2,1H3,(H,22,25)(H,23,24). The highest BCUT2D eigenvalue weighted by Crippen LogP contribution is 2.23. The number of benzene rings is 1. The number of H-pyrrole nitrogens is 1. The minimum absolute atomic E-state index is 0.0972. The van der Waals surface area contributed by atoms with E-state index in [9.17, 15) is 4.79 Å². The van der Waals surface area contributed by atoms with Crippen LogP contribution in [-0.2, 0) is 11.2 Å². The molecule has 0 saturated heterocycles. The van der Waals surface area contributed by atoms with Crippen LogP contribution in [0.3, 0.4) is 0 Å². The molecule has 1 aromatic carbocycles. The van der Waals surface area contributed by atoms with Crippen LogP contribution in [0.15, 0.2) is 49.2 Å². The molecule has 0 saturated carbocycles. The first-order valence-corrected chi connectivity index (χ1v) is 8.42. The number of nitrogens with one attached hydrogen (secondary N) is 2. The zero-order valence-electron chi connectivity index (χ0n) is 14.2. The van der Waals surface area contributed by atoms with E-state index in [1.165, 1.54) is 6.33 Å². The summed E-state index contributed by atoms with van der Waals surface area (Å²) in [5.41, 5.74) is 4.01. The lowest BCUT2D eigenvalue weighted by Gasteiger charge is -2.04. The summed E-state index contributed by atoms with van der Waals surface area (Å²) in [6, 6.07) is 8.09. The van der Waals surface area contributed by atoms with E-state index in [1.807, 2.05) is 31.3 Å². The third-order valence-corrected chi connectivity index (χ3v) is 3.85. The van der Waals surface area contributed by atoms with Crippen LogP contribution in [0.25, 0.3) is 22.5 Å². The average Bonchev–Trinajstić information content (AvgIpc) is 3.12. The van der Waals surface area contributed by atoms with E-state index in [0.717, 1.165) is 41.1 Å². The van der Waals surface area contributed by atoms with Crippen molar-refractivity contribution < 1.29 is 4.79 Å². The number of nitrogens with zero attached hydrogens (tertiary/aromatic N) is 3. The molecular formula is C19H21N5O. The SMILES string of the molecule is CCCC(=O)NCCc1cnc(-c2cccc(-c3cncnc3)c2)[nH]1. The van der Waals surface area contributed by atoms with Crippen LogP contribution in [0.2, 0.25) is 0 Å². The van der Waals surface area contributed by atoms with Gasteiger partial charge in [0.2, 0.25) is 5.91 Å². The number of hydrogen-bond donors (Lipinski definition) is 2. The molecule has 0 aliphatic carbocycles. The zero-order valence-corrected chi connectivity index (χ0v) is 14.2. The Balaban J connectivity index is 1.67. The minimum atomic E-state index is 0.0972. The van der Waals surface area contributed by atoms with Crippen LogP contribution in [0.1, 0.15) is 25.5 Å². The molecule has 0 aliphatic heterocycles. The van der Waals surface area contributed by atoms with Crippen LogP contribution in [0.5, 0.6) is 0 Å². The monoisotopic (exact) mass is 335 g/mol. The summed E-state index contributed by atoms with van der Waals surface area (Å²) in [4.78, 5) is 27.4. The topological polar surface area (TPSA) is 83.6 Å². The summed E-state index contributed by atoms with van der Waals surface area (Å²) >= 11 is 0. The minimum Gasteiger partial charge on any atom is -0.356 e. The highest BCUT2D eigenvalue weighted by molar-refractivity contribution is 5.75. The summed E-state index contributed by atoms with van der Waals surface area (Å²) in [5, 5.41) is 2.91. The lowest BCUT2D eigenvalue weighted by Crippen LogP contribution is -2.25. The van der Waals surface area contributed by atoms with E-state index in [1.54, 1.807) is 12.4 Å². The molecule has 25 heavy (non-hydrogen) atoms. The molecule has 0 atom stereocenters. The van der Waals surface area contributed by atoms with Crippen molar-refractivity contribution in [2.75, 3.05) is 6.54 Å². The van der Waals surface area contributed by atoms with Crippen LogP contribution in [0.4, 0.5) is 0 Å². The smallest absolute Gasteiger partial charge is 0.219 e. The number of hydrogen-bond acceptors (Lipinski definition) is 4. The summed E-state index contributed by atoms with van der Waals surface area (Å²) in [6.45, 7) is 2.61. The first-order valence-electron chi connectivity index (χ1n) is 8.42. The molecule has 6 nitrogen and oxygen atoms in total. The second-order valence-electron chi connectivity index (χ2n) is 5.81. The first kappa shape index (κ1) is 16.8. The highest BCUT2D eigenvalue weighted by atomic mass is 16.1. The van der Waals surface area contributed by atoms with E-state index in [-0.39, 0.29) is 5.91 Å². The first-order chi connectivity index (χ1) is 12.3. The molecule has 0 aliphatic rings. The highest BCUT2D eigenvalue weighted by Gasteiger charge is 2.06. The molecular weight excluding hydrogens is 314 g/mol. The summed E-state index contributed by atoms with van der Waals surface area (Å²) in [5.74, 6) is 0.911. The van der Waals surface area contributed by atoms with Crippen molar-refractivity contribution in [1.29, 1.82) is 0 Å². The fourth-order valence-corrected chi connectivity index (χ4v) is 2.58. The number of aromatic nitrogens is 4. The number of rotatable bonds is 7. The Bertz CT molecular complexity index is 829. The van der Waals surface area contributed by atoms with Crippen LogP contribution in [-0.4, -0.2) is 32.4 Å². The van der Waals surface area contributed by atoms with Gasteiger partial charge in [0.05, 0.1) is 0 Å². The molecule has 3 rings (SSSR count). The van der Waals surface area contributed by atoms with Crippen LogP contribution >= 0.6 is 0 Å². The second-order valence-corrected chi connectivity index (χ2v) is 5.81. The normalized spacial score (nSPS) is 10.6. The van der Waals surface area contributed by atoms with Crippen molar-refractivity contribution in [1.82, 2.24) is 25.3 Å². The van der Waals surface area contributed by atoms with Gasteiger partial charge in [0.1, 0.15) is 12.2 Å². The van der Waals surface area contributed by atoms with E-state index in [4.69, 9.17) is 0 Å². The number of carbonyl (C=O) groups excluding carboxylic acids is 1. The number of imidazole rings is 1. The van der Waals surface area contributed by atoms with E-state index < -0.39 is 0 Å². The Kier molecular flexibility index (Phi) is 5.51. The van der Waals surface area contributed by atoms with Crippen molar-refractivity contribution in [3.63, 3.8) is 0 Å². The van der Waals surface area contributed by atoms with Gasteiger partial charge in [0.25, 0.3) is 0 Å². The molecule has 2 aromatic heterocycles. The lowest BCUT2D eigenvalue weighted by molar-refractivity contribution is -0.121. The second kappa shape index (κ2) is 8.19. The number of carbonyl (C=O) groups is 1. The lowest BCUT2D eigenvalue weighted by atomic mass is 10.1. The fraction of sp³-hybridized carbons (Fsp3) is 0.263. The third-order valence-electron chi connectivity index (χ3n) is 3.85. The molecule has 0 radical (unpaired) electrons. The molecule has 0 bridgehead atoms. The van der Waals surface area contributed by atoms with Gasteiger partial charge in [-0.25, -0.2) is 15.0 Å². The maximum Gasteiger partial charge on any atom is 0.219 e. The molecule has 128 valence electrons. The Hall–Kier alpha value is -3.02. The summed E-state index contributed by atoms with van der Waals surface area (Å²) in [7, 11) is 0. The molecule has 0 unspecified atom stereocenters. The zero-order chi connectivity index (χ0) is 17.5. The largest absolute Gasteiger partial charge is 0.356 e. The van der Waals surface area contributed by atoms with Crippen molar-refractivity contribution in [3.05, 3.63) is 54.9 Å². The maximum atomic E-state index is 11.5. The van der Waals surface area contributed by atoms with E-state index >= 15 is 0 Å². The Morgan fingerprint density at radius 3 is 2.72 bits per heavy atom. The van der Waals surface area contributed by atoms with Gasteiger partial charge < -0.3 is 10.3 Å². The van der Waals surface area contributed by atoms with Crippen LogP contribution in [0, 0.1) is 0 Å². The van der Waals surface area contributed by atoms with Crippen molar-refractivity contribution >= 4 is 5.91 Å². The molecule has 2 N–H and O–H groups in total. The van der Waals surface area contributed by atoms with Gasteiger partial charge in [-0.1, -0.05) is 25.1 Å².